The zero-order chi connectivity index (χ0) is 57.5. The molecule has 1 aromatic carbocycles. The highest BCUT2D eigenvalue weighted by Crippen LogP contribution is 2.44. The predicted molar refractivity (Wildman–Crippen MR) is 321 cm³/mol. The van der Waals surface area contributed by atoms with E-state index in [2.05, 4.69) is 126 Å². The van der Waals surface area contributed by atoms with Crippen LogP contribution in [0.25, 0.3) is 0 Å². The second-order valence-corrected chi connectivity index (χ2v) is 18.0. The van der Waals surface area contributed by atoms with Gasteiger partial charge in [0.15, 0.2) is 0 Å². The van der Waals surface area contributed by atoms with Crippen molar-refractivity contribution < 1.29 is 33.7 Å². The first-order chi connectivity index (χ1) is 36.3. The standard InChI is InChI=1S/C39H57NO7.C9H18.C7H13N3.C3H6.2C2H6.C2H4/c1-6-8-10-11-12-13-14-15-17-22-35(42)40-24-26-45-38(44)47-34-29-31(20-16-9-7-2)28-33(46-37(43)39(4,5)23-25-41)36(34)32-21-18-19-30(3)27-32;1-3-5-7-9-8-6-4-2;1-3-5-7-6-10(4-2)9-8-7;1-3-2;3*1-2/h6,10-11,13-14,27-29,32,41H,1,7-9,12,15-26H2,2-5H3,(H,40,42);5,7H,3-4,6,8-9H2,1-2H3;6H,3-5H2,1-2H3;3H,1H2,2H3;2*1-2H3;1-2H2/b11-10-,14-13-;7-5-;;;;;/t32-;;;;;;/m0....../s1. The maximum atomic E-state index is 13.3. The van der Waals surface area contributed by atoms with Crippen LogP contribution in [0.3, 0.4) is 0 Å². The predicted octanol–water partition coefficient (Wildman–Crippen LogP) is 17.7. The quantitative estimate of drug-likeness (QED) is 0.0268. The van der Waals surface area contributed by atoms with Gasteiger partial charge in [0.25, 0.3) is 0 Å². The number of esters is 1. The number of aromatic nitrogens is 3. The van der Waals surface area contributed by atoms with Crippen molar-refractivity contribution in [2.75, 3.05) is 19.8 Å². The number of aliphatic hydroxyl groups is 1. The van der Waals surface area contributed by atoms with Crippen LogP contribution in [-0.2, 0) is 33.7 Å². The van der Waals surface area contributed by atoms with E-state index in [1.54, 1.807) is 19.9 Å². The SMILES string of the molecule is C=C.C=CC.C=CC/C=C\C/C=C\CCCC(=O)NCCOC(=O)Oc1cc(CCCCC)cc(OC(=O)C(C)(C)CCO)c1[C@@H]1C=C(C)CCC1.CC.CC.CC/C=C\CCCCC.CCCc1cn(CC)nn1. The monoisotopic (exact) mass is 1050 g/mol. The Morgan fingerprint density at radius 1 is 0.827 bits per heavy atom. The Bertz CT molecular complexity index is 1840. The van der Waals surface area contributed by atoms with Crippen LogP contribution in [0.5, 0.6) is 11.5 Å². The summed E-state index contributed by atoms with van der Waals surface area (Å²) in [4.78, 5) is 38.5. The normalized spacial score (nSPS) is 12.5. The molecule has 11 heteroatoms. The molecule has 3 rings (SSSR count). The van der Waals surface area contributed by atoms with Crippen molar-refractivity contribution in [1.82, 2.24) is 20.3 Å². The van der Waals surface area contributed by atoms with Crippen molar-refractivity contribution in [3.05, 3.63) is 122 Å². The van der Waals surface area contributed by atoms with Gasteiger partial charge in [-0.25, -0.2) is 4.79 Å². The minimum Gasteiger partial charge on any atom is -0.432 e. The van der Waals surface area contributed by atoms with Gasteiger partial charge in [-0.3, -0.25) is 14.3 Å². The van der Waals surface area contributed by atoms with Crippen LogP contribution in [0.4, 0.5) is 4.79 Å². The second-order valence-electron chi connectivity index (χ2n) is 18.0. The lowest BCUT2D eigenvalue weighted by Crippen LogP contribution is -2.30. The summed E-state index contributed by atoms with van der Waals surface area (Å²) in [6, 6.07) is 3.74. The van der Waals surface area contributed by atoms with Gasteiger partial charge in [0.05, 0.1) is 17.7 Å². The Labute approximate surface area is 459 Å². The van der Waals surface area contributed by atoms with Gasteiger partial charge in [-0.2, -0.15) is 0 Å². The van der Waals surface area contributed by atoms with Gasteiger partial charge in [-0.05, 0) is 142 Å². The van der Waals surface area contributed by atoms with Gasteiger partial charge in [-0.1, -0.05) is 153 Å². The van der Waals surface area contributed by atoms with E-state index >= 15 is 0 Å². The number of hydrogen-bond donors (Lipinski definition) is 2. The Balaban J connectivity index is -0.000000731. The molecule has 1 aliphatic carbocycles. The van der Waals surface area contributed by atoms with E-state index in [9.17, 15) is 19.5 Å². The van der Waals surface area contributed by atoms with Crippen molar-refractivity contribution in [3.8, 4) is 11.5 Å². The number of nitrogens with one attached hydrogen (secondary N) is 1. The summed E-state index contributed by atoms with van der Waals surface area (Å²) in [5, 5.41) is 20.2. The molecule has 1 atom stereocenters. The molecule has 0 saturated heterocycles. The summed E-state index contributed by atoms with van der Waals surface area (Å²) < 4.78 is 19.1. The third-order valence-corrected chi connectivity index (χ3v) is 11.0. The third kappa shape index (κ3) is 41.6. The second kappa shape index (κ2) is 55.0. The summed E-state index contributed by atoms with van der Waals surface area (Å²) in [6.45, 7) is 40.2. The first-order valence-corrected chi connectivity index (χ1v) is 28.6. The number of amides is 1. The number of ether oxygens (including phenoxy) is 3. The van der Waals surface area contributed by atoms with Crippen molar-refractivity contribution in [2.24, 2.45) is 5.41 Å². The summed E-state index contributed by atoms with van der Waals surface area (Å²) in [5.74, 6) is 0.0314. The van der Waals surface area contributed by atoms with Gasteiger partial charge >= 0.3 is 12.1 Å². The van der Waals surface area contributed by atoms with Gasteiger partial charge in [0.1, 0.15) is 18.1 Å². The lowest BCUT2D eigenvalue weighted by Gasteiger charge is -2.27. The fraction of sp³-hybridized carbons (Fsp3) is 0.609. The van der Waals surface area contributed by atoms with Gasteiger partial charge in [0, 0.05) is 37.3 Å². The minimum atomic E-state index is -0.896. The largest absolute Gasteiger partial charge is 0.513 e. The highest BCUT2D eigenvalue weighted by Gasteiger charge is 2.32. The van der Waals surface area contributed by atoms with Crippen LogP contribution in [-0.4, -0.2) is 57.9 Å². The van der Waals surface area contributed by atoms with Crippen LogP contribution in [0.1, 0.15) is 228 Å². The van der Waals surface area contributed by atoms with Crippen LogP contribution in [0, 0.1) is 5.41 Å². The number of aliphatic hydroxyl groups excluding tert-OH is 1. The van der Waals surface area contributed by atoms with E-state index < -0.39 is 17.5 Å². The third-order valence-electron chi connectivity index (χ3n) is 11.0. The topological polar surface area (TPSA) is 142 Å². The minimum absolute atomic E-state index is 0.0350. The van der Waals surface area contributed by atoms with E-state index in [0.717, 1.165) is 101 Å². The van der Waals surface area contributed by atoms with Gasteiger partial charge in [-0.15, -0.1) is 31.4 Å². The fourth-order valence-corrected chi connectivity index (χ4v) is 7.03. The molecule has 2 N–H and O–H groups in total. The highest BCUT2D eigenvalue weighted by molar-refractivity contribution is 5.79. The number of rotatable bonds is 29. The molecule has 0 saturated carbocycles. The first kappa shape index (κ1) is 76.2. The number of unbranched alkanes of at least 4 members (excludes halogenated alkanes) is 6. The van der Waals surface area contributed by atoms with Gasteiger partial charge in [0.2, 0.25) is 5.91 Å². The maximum Gasteiger partial charge on any atom is 0.513 e. The van der Waals surface area contributed by atoms with Crippen LogP contribution < -0.4 is 14.8 Å². The first-order valence-electron chi connectivity index (χ1n) is 28.6. The summed E-state index contributed by atoms with van der Waals surface area (Å²) in [6.07, 6.45) is 38.9. The molecule has 0 aliphatic heterocycles. The zero-order valence-electron chi connectivity index (χ0n) is 50.0. The molecule has 0 radical (unpaired) electrons. The van der Waals surface area contributed by atoms with Crippen LogP contribution in [0.15, 0.2) is 105 Å². The Kier molecular flexibility index (Phi) is 55.9. The smallest absolute Gasteiger partial charge is 0.432 e. The molecular formula is C64H110N4O7. The molecule has 0 unspecified atom stereocenters. The number of aryl methyl sites for hydroxylation is 3. The van der Waals surface area contributed by atoms with E-state index in [-0.39, 0.29) is 38.0 Å². The van der Waals surface area contributed by atoms with Crippen LogP contribution >= 0.6 is 0 Å². The molecule has 428 valence electrons. The average molecular weight is 1050 g/mol. The molecule has 1 amide bonds. The summed E-state index contributed by atoms with van der Waals surface area (Å²) in [5.41, 5.74) is 2.97. The van der Waals surface area contributed by atoms with Crippen molar-refractivity contribution in [3.63, 3.8) is 0 Å². The van der Waals surface area contributed by atoms with E-state index in [1.807, 2.05) is 63.7 Å². The number of allylic oxidation sites excluding steroid dienone is 10. The number of carbonyl (C=O) groups excluding carboxylic acids is 3. The molecule has 0 spiro atoms. The van der Waals surface area contributed by atoms with Crippen molar-refractivity contribution in [1.29, 1.82) is 0 Å². The highest BCUT2D eigenvalue weighted by atomic mass is 16.7. The number of benzene rings is 1. The van der Waals surface area contributed by atoms with E-state index in [4.69, 9.17) is 14.2 Å². The zero-order valence-corrected chi connectivity index (χ0v) is 50.0. The maximum absolute atomic E-state index is 13.3. The fourth-order valence-electron chi connectivity index (χ4n) is 7.03. The Hall–Kier alpha value is -5.29. The van der Waals surface area contributed by atoms with Crippen molar-refractivity contribution >= 4 is 18.0 Å². The number of carbonyl (C=O) groups is 3. The summed E-state index contributed by atoms with van der Waals surface area (Å²) in [7, 11) is 0. The molecular weight excluding hydrogens is 937 g/mol. The average Bonchev–Trinajstić information content (AvgIpc) is 3.87. The lowest BCUT2D eigenvalue weighted by molar-refractivity contribution is -0.144. The molecule has 1 heterocycles. The Morgan fingerprint density at radius 3 is 2.00 bits per heavy atom. The van der Waals surface area contributed by atoms with Crippen molar-refractivity contribution in [2.45, 2.75) is 231 Å². The molecule has 11 nitrogen and oxygen atoms in total. The molecule has 2 aromatic rings. The summed E-state index contributed by atoms with van der Waals surface area (Å²) >= 11 is 0. The molecule has 0 bridgehead atoms. The molecule has 0 fully saturated rings. The number of hydrogen-bond acceptors (Lipinski definition) is 9. The van der Waals surface area contributed by atoms with E-state index in [0.29, 0.717) is 23.5 Å². The lowest BCUT2D eigenvalue weighted by atomic mass is 9.84. The van der Waals surface area contributed by atoms with Gasteiger partial charge < -0.3 is 24.6 Å². The molecule has 1 aliphatic rings. The van der Waals surface area contributed by atoms with Crippen LogP contribution in [0.2, 0.25) is 0 Å². The van der Waals surface area contributed by atoms with E-state index in [1.165, 1.54) is 37.7 Å². The Morgan fingerprint density at radius 2 is 1.43 bits per heavy atom. The number of nitrogens with zero attached hydrogens (tertiary/aromatic N) is 3. The molecule has 1 aromatic heterocycles. The molecule has 75 heavy (non-hydrogen) atoms.